The van der Waals surface area contributed by atoms with Crippen molar-refractivity contribution in [2.45, 2.75) is 52.1 Å². The summed E-state index contributed by atoms with van der Waals surface area (Å²) in [7, 11) is 1.68. The molecular weight excluding hydrogens is 473 g/mol. The van der Waals surface area contributed by atoms with Crippen LogP contribution in [0.1, 0.15) is 54.1 Å². The fraction of sp³-hybridized carbons (Fsp3) is 0.423. The fourth-order valence-electron chi connectivity index (χ4n) is 4.71. The molecule has 192 valence electrons. The molecule has 1 saturated heterocycles. The third-order valence-corrected chi connectivity index (χ3v) is 6.56. The first-order chi connectivity index (χ1) is 16.8. The quantitative estimate of drug-likeness (QED) is 0.560. The molecule has 1 aliphatic heterocycles. The smallest absolute Gasteiger partial charge is 0.372 e. The molecule has 0 bridgehead atoms. The minimum Gasteiger partial charge on any atom is -0.372 e. The van der Waals surface area contributed by atoms with Crippen molar-refractivity contribution in [3.05, 3.63) is 69.3 Å². The Bertz CT molecular complexity index is 1330. The fourth-order valence-corrected chi connectivity index (χ4v) is 4.71. The second kappa shape index (κ2) is 9.57. The van der Waals surface area contributed by atoms with E-state index in [0.29, 0.717) is 24.3 Å². The van der Waals surface area contributed by atoms with E-state index in [-0.39, 0.29) is 40.4 Å². The van der Waals surface area contributed by atoms with E-state index in [4.69, 9.17) is 4.74 Å². The van der Waals surface area contributed by atoms with Gasteiger partial charge in [0.15, 0.2) is 0 Å². The van der Waals surface area contributed by atoms with Crippen molar-refractivity contribution in [3.63, 3.8) is 0 Å². The Morgan fingerprint density at radius 2 is 1.78 bits per heavy atom. The summed E-state index contributed by atoms with van der Waals surface area (Å²) >= 11 is 0. The largest absolute Gasteiger partial charge is 0.416 e. The van der Waals surface area contributed by atoms with E-state index in [9.17, 15) is 22.8 Å². The number of ether oxygens (including phenoxy) is 1. The molecule has 0 unspecified atom stereocenters. The van der Waals surface area contributed by atoms with Crippen LogP contribution in [0.25, 0.3) is 10.9 Å². The predicted molar refractivity (Wildman–Crippen MR) is 131 cm³/mol. The van der Waals surface area contributed by atoms with Gasteiger partial charge in [-0.1, -0.05) is 0 Å². The average Bonchev–Trinajstić information content (AvgIpc) is 2.81. The third-order valence-electron chi connectivity index (χ3n) is 6.56. The van der Waals surface area contributed by atoms with E-state index >= 15 is 0 Å². The van der Waals surface area contributed by atoms with Crippen molar-refractivity contribution < 1.29 is 22.7 Å². The molecule has 4 rings (SSSR count). The summed E-state index contributed by atoms with van der Waals surface area (Å²) in [4.78, 5) is 35.4. The molecule has 3 atom stereocenters. The molecule has 0 spiro atoms. The van der Waals surface area contributed by atoms with Gasteiger partial charge in [-0.25, -0.2) is 4.98 Å². The molecule has 36 heavy (non-hydrogen) atoms. The number of hydrogen-bond donors (Lipinski definition) is 1. The summed E-state index contributed by atoms with van der Waals surface area (Å²) in [5.74, 6) is 0.129. The summed E-state index contributed by atoms with van der Waals surface area (Å²) in [6.07, 6.45) is -4.74. The van der Waals surface area contributed by atoms with Gasteiger partial charge >= 0.3 is 6.18 Å². The lowest BCUT2D eigenvalue weighted by Crippen LogP contribution is -2.48. The molecule has 1 amide bonds. The van der Waals surface area contributed by atoms with Gasteiger partial charge in [-0.15, -0.1) is 0 Å². The van der Waals surface area contributed by atoms with Crippen LogP contribution in [0.5, 0.6) is 0 Å². The number of aromatic amines is 1. The lowest BCUT2D eigenvalue weighted by molar-refractivity contribution is -0.138. The van der Waals surface area contributed by atoms with Crippen LogP contribution >= 0.6 is 0 Å². The van der Waals surface area contributed by atoms with Crippen LogP contribution < -0.4 is 10.5 Å². The summed E-state index contributed by atoms with van der Waals surface area (Å²) in [6.45, 7) is 7.99. The summed E-state index contributed by atoms with van der Waals surface area (Å²) < 4.78 is 47.7. The molecule has 1 aromatic heterocycles. The van der Waals surface area contributed by atoms with Gasteiger partial charge < -0.3 is 19.5 Å². The number of rotatable bonds is 4. The second-order valence-electron chi connectivity index (χ2n) is 9.41. The molecule has 0 radical (unpaired) electrons. The van der Waals surface area contributed by atoms with E-state index in [1.165, 1.54) is 13.0 Å². The maximum atomic E-state index is 14.0. The van der Waals surface area contributed by atoms with E-state index in [1.54, 1.807) is 48.0 Å². The van der Waals surface area contributed by atoms with E-state index in [1.807, 2.05) is 13.8 Å². The minimum absolute atomic E-state index is 0.00297. The zero-order chi connectivity index (χ0) is 26.4. The average molecular weight is 503 g/mol. The lowest BCUT2D eigenvalue weighted by Gasteiger charge is -2.35. The highest BCUT2D eigenvalue weighted by atomic mass is 19.4. The van der Waals surface area contributed by atoms with Crippen molar-refractivity contribution in [3.8, 4) is 0 Å². The third kappa shape index (κ3) is 5.09. The summed E-state index contributed by atoms with van der Waals surface area (Å²) in [5, 5.41) is 0.0961. The number of halogens is 3. The van der Waals surface area contributed by atoms with Gasteiger partial charge in [0, 0.05) is 31.4 Å². The SMILES string of the molecule is Cc1nc2cc(C(F)(F)F)c([C@H](C)N(C)c3ccc(C(=O)N4C[C@@H](C)O[C@@H](C)C4)cc3)cc2c(=O)[nH]1. The lowest BCUT2D eigenvalue weighted by atomic mass is 9.97. The van der Waals surface area contributed by atoms with Gasteiger partial charge in [0.2, 0.25) is 0 Å². The Hall–Kier alpha value is -3.40. The Balaban J connectivity index is 1.64. The standard InChI is InChI=1S/C26H29F3N4O3/c1-14-12-33(13-15(2)36-14)25(35)18-6-8-19(9-7-18)32(5)16(3)20-10-21-23(11-22(20)26(27,28)29)30-17(4)31-24(21)34/h6-11,14-16H,12-13H2,1-5H3,(H,30,31,34)/t14-,15+,16-/m0/s1. The van der Waals surface area contributed by atoms with Crippen LogP contribution in [0.2, 0.25) is 0 Å². The summed E-state index contributed by atoms with van der Waals surface area (Å²) in [6, 6.07) is 8.25. The molecule has 0 saturated carbocycles. The number of H-pyrrole nitrogens is 1. The molecule has 1 aliphatic rings. The van der Waals surface area contributed by atoms with Gasteiger partial charge in [-0.05, 0) is 69.7 Å². The number of carbonyl (C=O) groups is 1. The number of morpholine rings is 1. The van der Waals surface area contributed by atoms with Gasteiger partial charge in [-0.2, -0.15) is 13.2 Å². The van der Waals surface area contributed by atoms with Gasteiger partial charge in [0.1, 0.15) is 5.82 Å². The number of carbonyl (C=O) groups excluding carboxylic acids is 1. The van der Waals surface area contributed by atoms with Crippen LogP contribution in [0.4, 0.5) is 18.9 Å². The van der Waals surface area contributed by atoms with Crippen LogP contribution in [0, 0.1) is 6.92 Å². The molecule has 10 heteroatoms. The number of fused-ring (bicyclic) bond motifs is 1. The molecule has 2 heterocycles. The first-order valence-corrected chi connectivity index (χ1v) is 11.7. The number of amides is 1. The second-order valence-corrected chi connectivity index (χ2v) is 9.41. The zero-order valence-corrected chi connectivity index (χ0v) is 20.8. The van der Waals surface area contributed by atoms with Crippen molar-refractivity contribution >= 4 is 22.5 Å². The van der Waals surface area contributed by atoms with Crippen LogP contribution in [0.15, 0.2) is 41.2 Å². The summed E-state index contributed by atoms with van der Waals surface area (Å²) in [5.41, 5.74) is -0.240. The number of nitrogens with zero attached hydrogens (tertiary/aromatic N) is 3. The number of benzene rings is 2. The molecule has 3 aromatic rings. The highest BCUT2D eigenvalue weighted by molar-refractivity contribution is 5.94. The van der Waals surface area contributed by atoms with E-state index < -0.39 is 23.3 Å². The van der Waals surface area contributed by atoms with Gasteiger partial charge in [0.05, 0.1) is 34.7 Å². The van der Waals surface area contributed by atoms with Gasteiger partial charge in [-0.3, -0.25) is 9.59 Å². The van der Waals surface area contributed by atoms with Crippen molar-refractivity contribution in [1.29, 1.82) is 0 Å². The van der Waals surface area contributed by atoms with Crippen molar-refractivity contribution in [2.24, 2.45) is 0 Å². The first-order valence-electron chi connectivity index (χ1n) is 11.7. The molecule has 2 aromatic carbocycles. The first kappa shape index (κ1) is 25.7. The highest BCUT2D eigenvalue weighted by Gasteiger charge is 2.36. The minimum atomic E-state index is -4.63. The maximum absolute atomic E-state index is 14.0. The normalized spacial score (nSPS) is 19.4. The zero-order valence-electron chi connectivity index (χ0n) is 20.8. The molecule has 0 aliphatic carbocycles. The Kier molecular flexibility index (Phi) is 6.83. The Labute approximate surface area is 206 Å². The molecule has 7 nitrogen and oxygen atoms in total. The molecular formula is C26H29F3N4O3. The topological polar surface area (TPSA) is 78.5 Å². The van der Waals surface area contributed by atoms with E-state index in [0.717, 1.165) is 6.07 Å². The number of hydrogen-bond acceptors (Lipinski definition) is 5. The van der Waals surface area contributed by atoms with Crippen molar-refractivity contribution in [1.82, 2.24) is 14.9 Å². The highest BCUT2D eigenvalue weighted by Crippen LogP contribution is 2.38. The van der Waals surface area contributed by atoms with Crippen LogP contribution in [0.3, 0.4) is 0 Å². The molecule has 1 N–H and O–H groups in total. The Morgan fingerprint density at radius 1 is 1.17 bits per heavy atom. The molecule has 1 fully saturated rings. The number of anilines is 1. The van der Waals surface area contributed by atoms with Crippen molar-refractivity contribution in [2.75, 3.05) is 25.0 Å². The van der Waals surface area contributed by atoms with Gasteiger partial charge in [0.25, 0.3) is 11.5 Å². The number of aromatic nitrogens is 2. The monoisotopic (exact) mass is 502 g/mol. The number of alkyl halides is 3. The van der Waals surface area contributed by atoms with E-state index in [2.05, 4.69) is 9.97 Å². The van der Waals surface area contributed by atoms with Crippen LogP contribution in [-0.2, 0) is 10.9 Å². The van der Waals surface area contributed by atoms with Crippen LogP contribution in [-0.4, -0.2) is 53.1 Å². The number of aryl methyl sites for hydroxylation is 1. The maximum Gasteiger partial charge on any atom is 0.416 e. The number of nitrogens with one attached hydrogen (secondary N) is 1. The Morgan fingerprint density at radius 3 is 2.36 bits per heavy atom. The predicted octanol–water partition coefficient (Wildman–Crippen LogP) is 4.70.